The van der Waals surface area contributed by atoms with E-state index in [4.69, 9.17) is 37.9 Å². The van der Waals surface area contributed by atoms with Crippen LogP contribution in [-0.4, -0.2) is 131 Å². The molecule has 4 aromatic carbocycles. The molecule has 2 aliphatic carbocycles. The maximum absolute atomic E-state index is 13.6. The van der Waals surface area contributed by atoms with Crippen molar-refractivity contribution in [2.24, 2.45) is 10.8 Å². The van der Waals surface area contributed by atoms with E-state index in [0.717, 1.165) is 25.7 Å². The summed E-state index contributed by atoms with van der Waals surface area (Å²) in [5, 5.41) is 32.8. The van der Waals surface area contributed by atoms with E-state index in [1.54, 1.807) is 109 Å². The van der Waals surface area contributed by atoms with Gasteiger partial charge in [0, 0.05) is 78.8 Å². The third-order valence-corrected chi connectivity index (χ3v) is 18.7. The number of halogens is 2. The maximum atomic E-state index is 13.6. The van der Waals surface area contributed by atoms with Crippen LogP contribution in [0, 0.1) is 22.2 Å². The van der Waals surface area contributed by atoms with E-state index in [0.29, 0.717) is 100 Å². The fourth-order valence-corrected chi connectivity index (χ4v) is 12.6. The molecule has 2 saturated heterocycles. The number of nitriles is 1. The first-order chi connectivity index (χ1) is 37.9. The lowest BCUT2D eigenvalue weighted by atomic mass is 10.1. The number of benzene rings is 4. The molecule has 1 N–H and O–H groups in total. The lowest BCUT2D eigenvalue weighted by Crippen LogP contribution is -2.49. The molecule has 0 spiro atoms. The van der Waals surface area contributed by atoms with Crippen molar-refractivity contribution >= 4 is 54.6 Å². The smallest absolute Gasteiger partial charge is 0.316 e. The predicted molar refractivity (Wildman–Crippen MR) is 299 cm³/mol. The van der Waals surface area contributed by atoms with Gasteiger partial charge in [-0.1, -0.05) is 79.5 Å². The summed E-state index contributed by atoms with van der Waals surface area (Å²) in [6.07, 6.45) is 7.40. The number of tetrazole rings is 1. The Labute approximate surface area is 467 Å². The summed E-state index contributed by atoms with van der Waals surface area (Å²) in [5.41, 5.74) is 3.84. The van der Waals surface area contributed by atoms with Gasteiger partial charge in [-0.2, -0.15) is 38.6 Å². The highest BCUT2D eigenvalue weighted by molar-refractivity contribution is 7.88. The first-order valence-electron chi connectivity index (χ1n) is 25.7. The molecule has 412 valence electrons. The monoisotopic (exact) mass is 1150 g/mol. The Morgan fingerprint density at radius 2 is 1.08 bits per heavy atom. The Morgan fingerprint density at radius 1 is 0.620 bits per heavy atom. The summed E-state index contributed by atoms with van der Waals surface area (Å²) in [6, 6.07) is 29.6. The number of aromatic nitrogens is 8. The zero-order valence-corrected chi connectivity index (χ0v) is 46.6. The van der Waals surface area contributed by atoms with Crippen LogP contribution in [0.1, 0.15) is 56.2 Å². The van der Waals surface area contributed by atoms with Gasteiger partial charge >= 0.3 is 11.1 Å². The van der Waals surface area contributed by atoms with Crippen LogP contribution in [0.4, 0.5) is 11.4 Å². The first-order valence-corrected chi connectivity index (χ1v) is 29.7. The fourth-order valence-electron chi connectivity index (χ4n) is 9.21. The number of nitrogens with zero attached hydrogens (tertiary/aromatic N) is 12. The molecule has 5 heterocycles. The van der Waals surface area contributed by atoms with Crippen molar-refractivity contribution < 1.29 is 26.3 Å². The number of nitrogens with one attached hydrogen (secondary N) is 1. The van der Waals surface area contributed by atoms with E-state index in [9.17, 15) is 26.4 Å². The van der Waals surface area contributed by atoms with E-state index >= 15 is 0 Å². The second-order valence-electron chi connectivity index (χ2n) is 20.8. The van der Waals surface area contributed by atoms with Gasteiger partial charge in [-0.3, -0.25) is 9.59 Å². The Balaban J connectivity index is 0.000000179. The van der Waals surface area contributed by atoms with Crippen LogP contribution in [0.5, 0.6) is 11.5 Å². The molecule has 3 aromatic heterocycles. The van der Waals surface area contributed by atoms with Crippen LogP contribution in [-0.2, 0) is 31.6 Å². The molecule has 4 aliphatic rings. The van der Waals surface area contributed by atoms with Gasteiger partial charge in [-0.15, -0.1) is 10.2 Å². The van der Waals surface area contributed by atoms with Gasteiger partial charge in [0.2, 0.25) is 37.4 Å². The van der Waals surface area contributed by atoms with Crippen molar-refractivity contribution in [3.63, 3.8) is 0 Å². The highest BCUT2D eigenvalue weighted by Crippen LogP contribution is 2.46. The third-order valence-electron chi connectivity index (χ3n) is 14.5. The minimum absolute atomic E-state index is 0.0572. The van der Waals surface area contributed by atoms with Gasteiger partial charge in [0.15, 0.2) is 0 Å². The molecule has 0 amide bonds. The van der Waals surface area contributed by atoms with E-state index < -0.39 is 20.0 Å². The summed E-state index contributed by atoms with van der Waals surface area (Å²) >= 11 is 12.3. The van der Waals surface area contributed by atoms with Crippen molar-refractivity contribution in [2.75, 3.05) is 75.4 Å². The molecule has 21 nitrogen and oxygen atoms in total. The number of rotatable bonds is 17. The highest BCUT2D eigenvalue weighted by Gasteiger charge is 2.40. The molecule has 4 fully saturated rings. The molecule has 2 saturated carbocycles. The van der Waals surface area contributed by atoms with Crippen LogP contribution in [0.15, 0.2) is 119 Å². The molecule has 7 aromatic rings. The quantitative estimate of drug-likeness (QED) is 0.102. The molecule has 0 unspecified atom stereocenters. The standard InChI is InChI=1S/C27H29ClN8O4S.C27H28ClN5O4S/c1-27(8-9-27)18-40-24-23(16-29-36(26(24)37)22-7-3-6-21(28)15-22)34-10-12-35(13-11-34)41(38,39)17-19-4-2-5-20(14-19)25-30-32-33-31-25;1-27(8-9-27)19-37-25-24(17-30-33(26(25)34)23-7-3-6-22(28)15-23)31-10-12-32(13-11-31)38(35,36)18-21-5-2-4-20(14-21)16-29/h2-7,14-16H,8-13,17-18H2,1H3,(H,30,31,32,33);2-7,14-15,17H,8-13,18-19H2,1H3. The second-order valence-corrected chi connectivity index (χ2v) is 25.7. The molecule has 79 heavy (non-hydrogen) atoms. The molecule has 0 atom stereocenters. The Hall–Kier alpha value is -7.20. The summed E-state index contributed by atoms with van der Waals surface area (Å²) in [4.78, 5) is 31.1. The van der Waals surface area contributed by atoms with Crippen molar-refractivity contribution in [2.45, 2.75) is 51.0 Å². The summed E-state index contributed by atoms with van der Waals surface area (Å²) in [6.45, 7) is 7.68. The minimum Gasteiger partial charge on any atom is -0.486 e. The number of aromatic amines is 1. The van der Waals surface area contributed by atoms with Gasteiger partial charge in [0.05, 0.1) is 60.1 Å². The van der Waals surface area contributed by atoms with Gasteiger partial charge in [-0.25, -0.2) is 16.8 Å². The normalized spacial score (nSPS) is 17.1. The maximum Gasteiger partial charge on any atom is 0.316 e. The number of ether oxygens (including phenoxy) is 2. The zero-order valence-electron chi connectivity index (χ0n) is 43.4. The molecular formula is C54H57Cl2N13O8S2. The van der Waals surface area contributed by atoms with Crippen molar-refractivity contribution in [3.8, 4) is 40.3 Å². The SMILES string of the molecule is CC1(COc2c(N3CCN(S(=O)(=O)Cc4cccc(-c5nn[nH]n5)c4)CC3)cnn(-c3cccc(Cl)c3)c2=O)CC1.CC1(COc2c(N3CCN(S(=O)(=O)Cc4cccc(C#N)c4)CC3)cnn(-c3cccc(Cl)c3)c2=O)CC1. The summed E-state index contributed by atoms with van der Waals surface area (Å²) in [5.74, 6) is 0.494. The molecule has 2 aliphatic heterocycles. The predicted octanol–water partition coefficient (Wildman–Crippen LogP) is 6.49. The van der Waals surface area contributed by atoms with Crippen LogP contribution < -0.4 is 30.4 Å². The van der Waals surface area contributed by atoms with E-state index in [1.807, 2.05) is 15.9 Å². The largest absolute Gasteiger partial charge is 0.486 e. The number of piperazine rings is 2. The topological polar surface area (TPSA) is 248 Å². The zero-order chi connectivity index (χ0) is 55.5. The average Bonchev–Trinajstić information content (AvgIpc) is 4.31. The van der Waals surface area contributed by atoms with Crippen molar-refractivity contribution in [3.05, 3.63) is 157 Å². The van der Waals surface area contributed by atoms with E-state index in [-0.39, 0.29) is 71.1 Å². The summed E-state index contributed by atoms with van der Waals surface area (Å²) in [7, 11) is -7.18. The highest BCUT2D eigenvalue weighted by atomic mass is 35.5. The van der Waals surface area contributed by atoms with Crippen molar-refractivity contribution in [1.29, 1.82) is 5.26 Å². The lowest BCUT2D eigenvalue weighted by molar-refractivity contribution is 0.242. The number of hydrogen-bond acceptors (Lipinski definition) is 16. The summed E-state index contributed by atoms with van der Waals surface area (Å²) < 4.78 is 70.6. The molecule has 0 radical (unpaired) electrons. The molecule has 0 bridgehead atoms. The number of anilines is 2. The molecule has 11 rings (SSSR count). The van der Waals surface area contributed by atoms with E-state index in [1.165, 1.54) is 18.0 Å². The van der Waals surface area contributed by atoms with Crippen LogP contribution in [0.3, 0.4) is 0 Å². The Bertz CT molecular complexity index is 3760. The third kappa shape index (κ3) is 13.1. The average molecular weight is 1150 g/mol. The second kappa shape index (κ2) is 22.9. The number of hydrogen-bond donors (Lipinski definition) is 1. The van der Waals surface area contributed by atoms with Gasteiger partial charge in [0.25, 0.3) is 0 Å². The van der Waals surface area contributed by atoms with Crippen LogP contribution in [0.25, 0.3) is 22.8 Å². The van der Waals surface area contributed by atoms with Gasteiger partial charge in [-0.05, 0) is 96.6 Å². The van der Waals surface area contributed by atoms with Crippen LogP contribution >= 0.6 is 23.2 Å². The van der Waals surface area contributed by atoms with Gasteiger partial charge < -0.3 is 19.3 Å². The Kier molecular flexibility index (Phi) is 16.0. The lowest BCUT2D eigenvalue weighted by Gasteiger charge is -2.35. The van der Waals surface area contributed by atoms with E-state index in [2.05, 4.69) is 44.7 Å². The first kappa shape index (κ1) is 55.1. The van der Waals surface area contributed by atoms with Crippen LogP contribution in [0.2, 0.25) is 10.0 Å². The molecular weight excluding hydrogens is 1090 g/mol. The fraction of sp³-hybridized carbons (Fsp3) is 0.370. The van der Waals surface area contributed by atoms with Gasteiger partial charge in [0.1, 0.15) is 11.4 Å². The number of H-pyrrole nitrogens is 1. The minimum atomic E-state index is -3.60. The molecule has 25 heteroatoms. The van der Waals surface area contributed by atoms with Crippen molar-refractivity contribution in [1.82, 2.24) is 48.8 Å². The number of sulfonamides is 2. The Morgan fingerprint density at radius 3 is 1.51 bits per heavy atom.